The minimum absolute atomic E-state index is 0.411. The van der Waals surface area contributed by atoms with E-state index >= 15 is 0 Å². The molecule has 0 aliphatic heterocycles. The smallest absolute Gasteiger partial charge is 0.338 e. The zero-order valence-electron chi connectivity index (χ0n) is 14.6. The van der Waals surface area contributed by atoms with E-state index in [1.165, 1.54) is 14.0 Å². The second kappa shape index (κ2) is 8.03. The van der Waals surface area contributed by atoms with Crippen LogP contribution in [0.25, 0.3) is 0 Å². The monoisotopic (exact) mass is 361 g/mol. The molecule has 5 nitrogen and oxygen atoms in total. The molecule has 0 saturated carbocycles. The highest BCUT2D eigenvalue weighted by Gasteiger charge is 2.20. The van der Waals surface area contributed by atoms with Gasteiger partial charge in [-0.3, -0.25) is 4.79 Å². The zero-order valence-corrected chi connectivity index (χ0v) is 15.3. The molecule has 0 bridgehead atoms. The van der Waals surface area contributed by atoms with E-state index in [4.69, 9.17) is 21.1 Å². The fourth-order valence-corrected chi connectivity index (χ4v) is 2.56. The zero-order chi connectivity index (χ0) is 18.6. The van der Waals surface area contributed by atoms with Gasteiger partial charge in [0.15, 0.2) is 6.10 Å². The summed E-state index contributed by atoms with van der Waals surface area (Å²) in [5.41, 5.74) is 2.73. The van der Waals surface area contributed by atoms with Crippen molar-refractivity contribution in [1.82, 2.24) is 0 Å². The van der Waals surface area contributed by atoms with E-state index in [2.05, 4.69) is 5.32 Å². The summed E-state index contributed by atoms with van der Waals surface area (Å²) in [5, 5.41) is 3.11. The van der Waals surface area contributed by atoms with Gasteiger partial charge >= 0.3 is 5.97 Å². The lowest BCUT2D eigenvalue weighted by Gasteiger charge is -2.15. The Balaban J connectivity index is 2.07. The van der Waals surface area contributed by atoms with Gasteiger partial charge in [-0.2, -0.15) is 0 Å². The highest BCUT2D eigenvalue weighted by atomic mass is 35.5. The van der Waals surface area contributed by atoms with Crippen molar-refractivity contribution in [2.45, 2.75) is 26.9 Å². The van der Waals surface area contributed by atoms with Crippen LogP contribution in [0.5, 0.6) is 5.75 Å². The lowest BCUT2D eigenvalue weighted by Crippen LogP contribution is -2.30. The Labute approximate surface area is 151 Å². The molecular weight excluding hydrogens is 342 g/mol. The summed E-state index contributed by atoms with van der Waals surface area (Å²) in [4.78, 5) is 24.6. The molecule has 0 fully saturated rings. The van der Waals surface area contributed by atoms with E-state index in [1.807, 2.05) is 19.9 Å². The topological polar surface area (TPSA) is 64.6 Å². The van der Waals surface area contributed by atoms with Crippen LogP contribution in [0.4, 0.5) is 5.69 Å². The fourth-order valence-electron chi connectivity index (χ4n) is 2.39. The van der Waals surface area contributed by atoms with Crippen LogP contribution in [0.3, 0.4) is 0 Å². The third-order valence-corrected chi connectivity index (χ3v) is 3.76. The molecule has 1 N–H and O–H groups in total. The van der Waals surface area contributed by atoms with Gasteiger partial charge in [-0.1, -0.05) is 28.8 Å². The van der Waals surface area contributed by atoms with Crippen LogP contribution >= 0.6 is 11.6 Å². The number of rotatable bonds is 5. The van der Waals surface area contributed by atoms with Gasteiger partial charge in [-0.05, 0) is 51.1 Å². The molecule has 0 aliphatic rings. The average Bonchev–Trinajstić information content (AvgIpc) is 2.54. The van der Waals surface area contributed by atoms with Gasteiger partial charge in [0.05, 0.1) is 18.4 Å². The first kappa shape index (κ1) is 18.8. The van der Waals surface area contributed by atoms with Gasteiger partial charge in [-0.15, -0.1) is 0 Å². The van der Waals surface area contributed by atoms with Crippen molar-refractivity contribution in [3.05, 3.63) is 58.1 Å². The second-order valence-electron chi connectivity index (χ2n) is 5.76. The number of halogens is 1. The molecule has 2 aromatic rings. The molecule has 132 valence electrons. The summed E-state index contributed by atoms with van der Waals surface area (Å²) in [6.07, 6.45) is -0.975. The van der Waals surface area contributed by atoms with E-state index in [0.29, 0.717) is 22.0 Å². The molecule has 2 aromatic carbocycles. The van der Waals surface area contributed by atoms with E-state index in [1.54, 1.807) is 30.3 Å². The fraction of sp³-hybridized carbons (Fsp3) is 0.263. The number of anilines is 1. The lowest BCUT2D eigenvalue weighted by molar-refractivity contribution is -0.123. The number of aryl methyl sites for hydroxylation is 2. The molecule has 25 heavy (non-hydrogen) atoms. The van der Waals surface area contributed by atoms with Gasteiger partial charge in [-0.25, -0.2) is 4.79 Å². The number of nitrogens with one attached hydrogen (secondary N) is 1. The molecule has 1 atom stereocenters. The van der Waals surface area contributed by atoms with Gasteiger partial charge < -0.3 is 14.8 Å². The standard InChI is InChI=1S/C19H20ClNO4/c1-11-7-12(2)9-14(8-11)19(23)25-13(3)18(22)21-16-10-15(20)5-6-17(16)24-4/h5-10,13H,1-4H3,(H,21,22). The highest BCUT2D eigenvalue weighted by molar-refractivity contribution is 6.31. The number of hydrogen-bond donors (Lipinski definition) is 1. The first-order valence-corrected chi connectivity index (χ1v) is 8.11. The summed E-state index contributed by atoms with van der Waals surface area (Å²) in [7, 11) is 1.49. The first-order chi connectivity index (χ1) is 11.8. The second-order valence-corrected chi connectivity index (χ2v) is 6.19. The molecule has 0 spiro atoms. The number of hydrogen-bond acceptors (Lipinski definition) is 4. The Kier molecular flexibility index (Phi) is 6.04. The van der Waals surface area contributed by atoms with Gasteiger partial charge in [0.25, 0.3) is 5.91 Å². The van der Waals surface area contributed by atoms with Crippen molar-refractivity contribution >= 4 is 29.2 Å². The number of amides is 1. The van der Waals surface area contributed by atoms with Crippen molar-refractivity contribution in [2.24, 2.45) is 0 Å². The number of methoxy groups -OCH3 is 1. The maximum Gasteiger partial charge on any atom is 0.338 e. The summed E-state index contributed by atoms with van der Waals surface area (Å²) in [6.45, 7) is 5.30. The Bertz CT molecular complexity index is 784. The van der Waals surface area contributed by atoms with Gasteiger partial charge in [0.2, 0.25) is 0 Å². The molecule has 0 saturated heterocycles. The molecule has 6 heteroatoms. The van der Waals surface area contributed by atoms with Crippen LogP contribution in [0.2, 0.25) is 5.02 Å². The number of carbonyl (C=O) groups excluding carboxylic acids is 2. The van der Waals surface area contributed by atoms with E-state index in [0.717, 1.165) is 11.1 Å². The van der Waals surface area contributed by atoms with Crippen LogP contribution in [-0.2, 0) is 9.53 Å². The Morgan fingerprint density at radius 2 is 1.72 bits per heavy atom. The Morgan fingerprint density at radius 1 is 1.08 bits per heavy atom. The number of ether oxygens (including phenoxy) is 2. The third-order valence-electron chi connectivity index (χ3n) is 3.53. The summed E-state index contributed by atoms with van der Waals surface area (Å²) < 4.78 is 10.4. The third kappa shape index (κ3) is 4.97. The number of carbonyl (C=O) groups is 2. The van der Waals surface area contributed by atoms with Crippen molar-refractivity contribution in [1.29, 1.82) is 0 Å². The minimum Gasteiger partial charge on any atom is -0.495 e. The molecule has 2 rings (SSSR count). The van der Waals surface area contributed by atoms with Crippen LogP contribution in [-0.4, -0.2) is 25.1 Å². The molecule has 0 heterocycles. The van der Waals surface area contributed by atoms with Crippen molar-refractivity contribution in [2.75, 3.05) is 12.4 Å². The first-order valence-electron chi connectivity index (χ1n) is 7.74. The predicted molar refractivity (Wildman–Crippen MR) is 97.4 cm³/mol. The van der Waals surface area contributed by atoms with Gasteiger partial charge in [0.1, 0.15) is 5.75 Å². The quantitative estimate of drug-likeness (QED) is 0.812. The SMILES string of the molecule is COc1ccc(Cl)cc1NC(=O)C(C)OC(=O)c1cc(C)cc(C)c1. The summed E-state index contributed by atoms with van der Waals surface area (Å²) in [5.74, 6) is -0.559. The largest absolute Gasteiger partial charge is 0.495 e. The Hall–Kier alpha value is -2.53. The van der Waals surface area contributed by atoms with Crippen LogP contribution in [0.15, 0.2) is 36.4 Å². The summed E-state index contributed by atoms with van der Waals surface area (Å²) in [6, 6.07) is 10.3. The molecule has 0 aliphatic carbocycles. The minimum atomic E-state index is -0.975. The molecule has 0 aromatic heterocycles. The van der Waals surface area contributed by atoms with Crippen molar-refractivity contribution < 1.29 is 19.1 Å². The molecular formula is C19H20ClNO4. The van der Waals surface area contributed by atoms with E-state index in [9.17, 15) is 9.59 Å². The molecule has 1 unspecified atom stereocenters. The lowest BCUT2D eigenvalue weighted by atomic mass is 10.1. The van der Waals surface area contributed by atoms with Gasteiger partial charge in [0, 0.05) is 5.02 Å². The maximum absolute atomic E-state index is 12.3. The van der Waals surface area contributed by atoms with Crippen LogP contribution in [0, 0.1) is 13.8 Å². The Morgan fingerprint density at radius 3 is 2.32 bits per heavy atom. The van der Waals surface area contributed by atoms with Crippen molar-refractivity contribution in [3.8, 4) is 5.75 Å². The normalized spacial score (nSPS) is 11.6. The van der Waals surface area contributed by atoms with Crippen LogP contribution in [0.1, 0.15) is 28.4 Å². The number of esters is 1. The molecule has 1 amide bonds. The number of benzene rings is 2. The maximum atomic E-state index is 12.3. The predicted octanol–water partition coefficient (Wildman–Crippen LogP) is 4.15. The summed E-state index contributed by atoms with van der Waals surface area (Å²) >= 11 is 5.94. The van der Waals surface area contributed by atoms with Crippen LogP contribution < -0.4 is 10.1 Å². The van der Waals surface area contributed by atoms with E-state index in [-0.39, 0.29) is 0 Å². The van der Waals surface area contributed by atoms with E-state index < -0.39 is 18.0 Å². The highest BCUT2D eigenvalue weighted by Crippen LogP contribution is 2.27. The molecule has 0 radical (unpaired) electrons. The average molecular weight is 362 g/mol. The van der Waals surface area contributed by atoms with Crippen molar-refractivity contribution in [3.63, 3.8) is 0 Å².